The average molecular weight is 254 g/mol. The van der Waals surface area contributed by atoms with Crippen LogP contribution in [0, 0.1) is 0 Å². The second-order valence-electron chi connectivity index (χ2n) is 5.50. The number of thiazole rings is 1. The Balaban J connectivity index is 2.12. The van der Waals surface area contributed by atoms with Crippen LogP contribution in [0.3, 0.4) is 0 Å². The zero-order valence-corrected chi connectivity index (χ0v) is 11.9. The van der Waals surface area contributed by atoms with Gasteiger partial charge in [0, 0.05) is 36.6 Å². The summed E-state index contributed by atoms with van der Waals surface area (Å²) in [5.41, 5.74) is 7.06. The van der Waals surface area contributed by atoms with Crippen molar-refractivity contribution in [3.8, 4) is 0 Å². The van der Waals surface area contributed by atoms with Gasteiger partial charge in [-0.1, -0.05) is 0 Å². The summed E-state index contributed by atoms with van der Waals surface area (Å²) in [6.45, 7) is 9.69. The number of hydrogen-bond acceptors (Lipinski definition) is 5. The normalized spacial score (nSPS) is 22.8. The largest absolute Gasteiger partial charge is 0.345 e. The third kappa shape index (κ3) is 2.61. The minimum Gasteiger partial charge on any atom is -0.345 e. The molecule has 1 atom stereocenters. The maximum atomic E-state index is 5.85. The van der Waals surface area contributed by atoms with E-state index in [1.165, 1.54) is 0 Å². The molecular weight excluding hydrogens is 232 g/mol. The Morgan fingerprint density at radius 1 is 1.47 bits per heavy atom. The Hall–Kier alpha value is -0.650. The minimum absolute atomic E-state index is 0.0282. The quantitative estimate of drug-likeness (QED) is 0.872. The fourth-order valence-electron chi connectivity index (χ4n) is 2.03. The molecule has 2 N–H and O–H groups in total. The number of aromatic nitrogens is 1. The van der Waals surface area contributed by atoms with Gasteiger partial charge in [-0.15, -0.1) is 11.3 Å². The number of nitrogens with zero attached hydrogens (tertiary/aromatic N) is 3. The molecule has 5 heteroatoms. The van der Waals surface area contributed by atoms with E-state index in [0.29, 0.717) is 0 Å². The molecule has 0 radical (unpaired) electrons. The summed E-state index contributed by atoms with van der Waals surface area (Å²) in [6, 6.07) is 0.0282. The number of anilines is 1. The molecule has 1 aliphatic rings. The van der Waals surface area contributed by atoms with Crippen LogP contribution in [0.15, 0.2) is 5.38 Å². The van der Waals surface area contributed by atoms with Gasteiger partial charge >= 0.3 is 0 Å². The van der Waals surface area contributed by atoms with Crippen molar-refractivity contribution in [2.24, 2.45) is 5.73 Å². The van der Waals surface area contributed by atoms with E-state index in [9.17, 15) is 0 Å². The molecule has 2 rings (SSSR count). The Kier molecular flexibility index (Phi) is 3.43. The highest BCUT2D eigenvalue weighted by atomic mass is 32.1. The average Bonchev–Trinajstić information content (AvgIpc) is 2.71. The summed E-state index contributed by atoms with van der Waals surface area (Å²) in [5.74, 6) is 0. The van der Waals surface area contributed by atoms with Crippen molar-refractivity contribution in [3.05, 3.63) is 11.1 Å². The SMILES string of the molecule is CC(N)c1csc(N2CCN(C)C(C)(C)C2)n1. The highest BCUT2D eigenvalue weighted by Crippen LogP contribution is 2.28. The molecule has 1 saturated heterocycles. The third-order valence-electron chi connectivity index (χ3n) is 3.56. The van der Waals surface area contributed by atoms with Gasteiger partial charge in [0.2, 0.25) is 0 Å². The van der Waals surface area contributed by atoms with Gasteiger partial charge in [-0.05, 0) is 27.8 Å². The Morgan fingerprint density at radius 3 is 2.71 bits per heavy atom. The van der Waals surface area contributed by atoms with Crippen LogP contribution >= 0.6 is 11.3 Å². The van der Waals surface area contributed by atoms with Gasteiger partial charge < -0.3 is 10.6 Å². The van der Waals surface area contributed by atoms with Crippen molar-refractivity contribution in [3.63, 3.8) is 0 Å². The first-order valence-corrected chi connectivity index (χ1v) is 6.95. The van der Waals surface area contributed by atoms with Crippen LogP contribution in [0.5, 0.6) is 0 Å². The molecule has 1 fully saturated rings. The second kappa shape index (κ2) is 4.55. The molecule has 0 amide bonds. The molecule has 96 valence electrons. The van der Waals surface area contributed by atoms with E-state index in [1.54, 1.807) is 11.3 Å². The maximum absolute atomic E-state index is 5.85. The second-order valence-corrected chi connectivity index (χ2v) is 6.34. The lowest BCUT2D eigenvalue weighted by molar-refractivity contribution is 0.139. The minimum atomic E-state index is 0.0282. The molecule has 4 nitrogen and oxygen atoms in total. The smallest absolute Gasteiger partial charge is 0.185 e. The predicted octanol–water partition coefficient (Wildman–Crippen LogP) is 1.69. The van der Waals surface area contributed by atoms with Gasteiger partial charge in [-0.25, -0.2) is 4.98 Å². The van der Waals surface area contributed by atoms with Crippen LogP contribution < -0.4 is 10.6 Å². The summed E-state index contributed by atoms with van der Waals surface area (Å²) >= 11 is 1.70. The first kappa shape index (κ1) is 12.8. The lowest BCUT2D eigenvalue weighted by Crippen LogP contribution is -2.57. The molecule has 2 heterocycles. The van der Waals surface area contributed by atoms with Crippen LogP contribution in [-0.2, 0) is 0 Å². The molecule has 1 aromatic heterocycles. The maximum Gasteiger partial charge on any atom is 0.185 e. The standard InChI is InChI=1S/C12H22N4S/c1-9(13)10-7-17-11(14-10)16-6-5-15(4)12(2,3)8-16/h7,9H,5-6,8,13H2,1-4H3. The van der Waals surface area contributed by atoms with E-state index in [0.717, 1.165) is 30.5 Å². The molecule has 0 aliphatic carbocycles. The molecule has 0 bridgehead atoms. The van der Waals surface area contributed by atoms with Crippen molar-refractivity contribution in [2.75, 3.05) is 31.6 Å². The molecule has 0 spiro atoms. The van der Waals surface area contributed by atoms with Crippen LogP contribution in [-0.4, -0.2) is 42.1 Å². The first-order chi connectivity index (χ1) is 7.90. The number of nitrogens with two attached hydrogens (primary N) is 1. The van der Waals surface area contributed by atoms with Gasteiger partial charge in [0.25, 0.3) is 0 Å². The third-order valence-corrected chi connectivity index (χ3v) is 4.48. The van der Waals surface area contributed by atoms with E-state index in [1.807, 2.05) is 6.92 Å². The molecular formula is C12H22N4S. The van der Waals surface area contributed by atoms with Gasteiger partial charge in [0.1, 0.15) is 0 Å². The van der Waals surface area contributed by atoms with E-state index in [4.69, 9.17) is 5.73 Å². The van der Waals surface area contributed by atoms with Crippen LogP contribution in [0.4, 0.5) is 5.13 Å². The fraction of sp³-hybridized carbons (Fsp3) is 0.750. The summed E-state index contributed by atoms with van der Waals surface area (Å²) in [4.78, 5) is 9.40. The highest BCUT2D eigenvalue weighted by molar-refractivity contribution is 7.13. The van der Waals surface area contributed by atoms with Crippen LogP contribution in [0.25, 0.3) is 0 Å². The van der Waals surface area contributed by atoms with Gasteiger partial charge in [0.05, 0.1) is 5.69 Å². The van der Waals surface area contributed by atoms with E-state index < -0.39 is 0 Å². The molecule has 1 aliphatic heterocycles. The van der Waals surface area contributed by atoms with Crippen LogP contribution in [0.1, 0.15) is 32.5 Å². The lowest BCUT2D eigenvalue weighted by atomic mass is 10.0. The van der Waals surface area contributed by atoms with Crippen molar-refractivity contribution >= 4 is 16.5 Å². The molecule has 0 saturated carbocycles. The topological polar surface area (TPSA) is 45.4 Å². The van der Waals surface area contributed by atoms with Gasteiger partial charge in [-0.3, -0.25) is 4.90 Å². The van der Waals surface area contributed by atoms with E-state index >= 15 is 0 Å². The number of piperazine rings is 1. The van der Waals surface area contributed by atoms with E-state index in [-0.39, 0.29) is 11.6 Å². The van der Waals surface area contributed by atoms with E-state index in [2.05, 4.69) is 41.1 Å². The molecule has 1 unspecified atom stereocenters. The zero-order chi connectivity index (χ0) is 12.6. The number of likely N-dealkylation sites (N-methyl/N-ethyl adjacent to an activating group) is 1. The molecule has 17 heavy (non-hydrogen) atoms. The Bertz CT molecular complexity index is 386. The summed E-state index contributed by atoms with van der Waals surface area (Å²) in [5, 5.41) is 3.18. The highest BCUT2D eigenvalue weighted by Gasteiger charge is 2.32. The Morgan fingerprint density at radius 2 is 2.18 bits per heavy atom. The van der Waals surface area contributed by atoms with Crippen molar-refractivity contribution in [2.45, 2.75) is 32.4 Å². The fourth-order valence-corrected chi connectivity index (χ4v) is 2.99. The predicted molar refractivity (Wildman–Crippen MR) is 73.6 cm³/mol. The van der Waals surface area contributed by atoms with Gasteiger partial charge in [-0.2, -0.15) is 0 Å². The van der Waals surface area contributed by atoms with Crippen LogP contribution in [0.2, 0.25) is 0 Å². The summed E-state index contributed by atoms with van der Waals surface area (Å²) in [7, 11) is 2.19. The van der Waals surface area contributed by atoms with Gasteiger partial charge in [0.15, 0.2) is 5.13 Å². The van der Waals surface area contributed by atoms with Crippen molar-refractivity contribution in [1.82, 2.24) is 9.88 Å². The lowest BCUT2D eigenvalue weighted by Gasteiger charge is -2.45. The van der Waals surface area contributed by atoms with Crippen molar-refractivity contribution < 1.29 is 0 Å². The Labute approximate surface area is 107 Å². The number of hydrogen-bond donors (Lipinski definition) is 1. The zero-order valence-electron chi connectivity index (χ0n) is 11.1. The first-order valence-electron chi connectivity index (χ1n) is 6.07. The number of rotatable bonds is 2. The monoisotopic (exact) mass is 254 g/mol. The summed E-state index contributed by atoms with van der Waals surface area (Å²) < 4.78 is 0. The summed E-state index contributed by atoms with van der Waals surface area (Å²) in [6.07, 6.45) is 0. The van der Waals surface area contributed by atoms with Crippen molar-refractivity contribution in [1.29, 1.82) is 0 Å². The molecule has 1 aromatic rings. The molecule has 0 aromatic carbocycles.